The molecule has 0 radical (unpaired) electrons. The van der Waals surface area contributed by atoms with Crippen LogP contribution in [0.3, 0.4) is 0 Å². The maximum absolute atomic E-state index is 6.54. The van der Waals surface area contributed by atoms with Crippen LogP contribution in [0.15, 0.2) is 91.3 Å². The molecule has 4 rings (SSSR count). The van der Waals surface area contributed by atoms with Gasteiger partial charge in [-0.2, -0.15) is 0 Å². The smallest absolute Gasteiger partial charge is 0.159 e. The van der Waals surface area contributed by atoms with E-state index in [0.717, 1.165) is 11.4 Å². The molecule has 31 heavy (non-hydrogen) atoms. The third-order valence-corrected chi connectivity index (χ3v) is 4.95. The second kappa shape index (κ2) is 9.63. The van der Waals surface area contributed by atoms with Crippen LogP contribution in [0.2, 0.25) is 0 Å². The van der Waals surface area contributed by atoms with Crippen LogP contribution in [-0.2, 0) is 13.1 Å². The van der Waals surface area contributed by atoms with Crippen LogP contribution >= 0.6 is 0 Å². The summed E-state index contributed by atoms with van der Waals surface area (Å²) in [5.41, 5.74) is 10.3. The fourth-order valence-corrected chi connectivity index (χ4v) is 3.36. The van der Waals surface area contributed by atoms with E-state index in [1.54, 1.807) is 13.4 Å². The molecule has 0 spiro atoms. The number of aromatic nitrogens is 2. The summed E-state index contributed by atoms with van der Waals surface area (Å²) in [4.78, 5) is 11.1. The molecule has 156 valence electrons. The van der Waals surface area contributed by atoms with E-state index in [4.69, 9.17) is 10.5 Å². The molecule has 0 saturated carbocycles. The number of hydrogen-bond donors (Lipinski definition) is 2. The number of rotatable bonds is 8. The van der Waals surface area contributed by atoms with Crippen molar-refractivity contribution in [3.63, 3.8) is 0 Å². The van der Waals surface area contributed by atoms with E-state index >= 15 is 0 Å². The fourth-order valence-electron chi connectivity index (χ4n) is 3.36. The highest BCUT2D eigenvalue weighted by atomic mass is 16.5. The van der Waals surface area contributed by atoms with Gasteiger partial charge < -0.3 is 20.7 Å². The Morgan fingerprint density at radius 1 is 0.806 bits per heavy atom. The molecule has 0 bridgehead atoms. The van der Waals surface area contributed by atoms with Gasteiger partial charge in [0.2, 0.25) is 0 Å². The Bertz CT molecular complexity index is 1060. The van der Waals surface area contributed by atoms with Crippen LogP contribution in [0.5, 0.6) is 5.75 Å². The molecule has 0 atom stereocenters. The van der Waals surface area contributed by atoms with Gasteiger partial charge in [0, 0.05) is 18.8 Å². The van der Waals surface area contributed by atoms with Crippen molar-refractivity contribution in [2.24, 2.45) is 0 Å². The zero-order valence-electron chi connectivity index (χ0n) is 17.4. The van der Waals surface area contributed by atoms with E-state index in [-0.39, 0.29) is 0 Å². The predicted octanol–water partition coefficient (Wildman–Crippen LogP) is 5.02. The van der Waals surface area contributed by atoms with Gasteiger partial charge in [0.15, 0.2) is 11.6 Å². The van der Waals surface area contributed by atoms with Gasteiger partial charge in [-0.15, -0.1) is 0 Å². The van der Waals surface area contributed by atoms with Crippen molar-refractivity contribution in [1.82, 2.24) is 9.97 Å². The molecule has 3 aromatic carbocycles. The first-order valence-corrected chi connectivity index (χ1v) is 10.1. The van der Waals surface area contributed by atoms with Crippen molar-refractivity contribution in [2.75, 3.05) is 23.1 Å². The maximum atomic E-state index is 6.54. The van der Waals surface area contributed by atoms with Crippen molar-refractivity contribution in [3.05, 3.63) is 102 Å². The van der Waals surface area contributed by atoms with Gasteiger partial charge in [-0.05, 0) is 35.4 Å². The first-order chi connectivity index (χ1) is 15.2. The molecule has 4 aromatic rings. The summed E-state index contributed by atoms with van der Waals surface area (Å²) in [7, 11) is 1.64. The van der Waals surface area contributed by atoms with Gasteiger partial charge in [-0.3, -0.25) is 0 Å². The highest BCUT2D eigenvalue weighted by molar-refractivity contribution is 5.78. The number of nitrogen functional groups attached to an aromatic ring is 1. The van der Waals surface area contributed by atoms with E-state index in [9.17, 15) is 0 Å². The average molecular weight is 412 g/mol. The van der Waals surface area contributed by atoms with Crippen LogP contribution in [-0.4, -0.2) is 17.1 Å². The standard InChI is InChI=1S/C25H25N5O/c1-31-22-14-12-21(13-15-22)29-24-23(26)25(28-18-27-24)30(16-19-8-4-2-5-9-19)17-20-10-6-3-7-11-20/h2-15,18H,16-17,26H2,1H3,(H,27,28,29). The molecular weight excluding hydrogens is 386 g/mol. The molecule has 0 unspecified atom stereocenters. The topological polar surface area (TPSA) is 76.3 Å². The Balaban J connectivity index is 1.64. The second-order valence-electron chi connectivity index (χ2n) is 7.14. The van der Waals surface area contributed by atoms with Gasteiger partial charge >= 0.3 is 0 Å². The molecule has 0 aliphatic carbocycles. The molecule has 1 heterocycles. The van der Waals surface area contributed by atoms with Crippen LogP contribution in [0.4, 0.5) is 23.0 Å². The zero-order chi connectivity index (χ0) is 21.5. The molecule has 6 heteroatoms. The summed E-state index contributed by atoms with van der Waals surface area (Å²) in [6, 6.07) is 28.2. The van der Waals surface area contributed by atoms with Gasteiger partial charge in [0.25, 0.3) is 0 Å². The molecule has 0 saturated heterocycles. The van der Waals surface area contributed by atoms with E-state index in [1.807, 2.05) is 60.7 Å². The van der Waals surface area contributed by atoms with Crippen molar-refractivity contribution in [3.8, 4) is 5.75 Å². The minimum absolute atomic E-state index is 0.505. The molecule has 0 aliphatic rings. The second-order valence-corrected chi connectivity index (χ2v) is 7.14. The zero-order valence-corrected chi connectivity index (χ0v) is 17.4. The summed E-state index contributed by atoms with van der Waals surface area (Å²) < 4.78 is 5.22. The lowest BCUT2D eigenvalue weighted by Crippen LogP contribution is -2.24. The van der Waals surface area contributed by atoms with E-state index < -0.39 is 0 Å². The third-order valence-electron chi connectivity index (χ3n) is 4.95. The first-order valence-electron chi connectivity index (χ1n) is 10.1. The number of methoxy groups -OCH3 is 1. The quantitative estimate of drug-likeness (QED) is 0.424. The number of anilines is 4. The third kappa shape index (κ3) is 5.11. The Hall–Kier alpha value is -4.06. The molecule has 6 nitrogen and oxygen atoms in total. The lowest BCUT2D eigenvalue weighted by atomic mass is 10.1. The fraction of sp³-hybridized carbons (Fsp3) is 0.120. The SMILES string of the molecule is COc1ccc(Nc2ncnc(N(Cc3ccccc3)Cc3ccccc3)c2N)cc1. The minimum atomic E-state index is 0.505. The van der Waals surface area contributed by atoms with Gasteiger partial charge in [-0.25, -0.2) is 9.97 Å². The summed E-state index contributed by atoms with van der Waals surface area (Å²) >= 11 is 0. The number of hydrogen-bond acceptors (Lipinski definition) is 6. The summed E-state index contributed by atoms with van der Waals surface area (Å²) in [5.74, 6) is 2.05. The highest BCUT2D eigenvalue weighted by Crippen LogP contribution is 2.31. The number of nitrogens with two attached hydrogens (primary N) is 1. The highest BCUT2D eigenvalue weighted by Gasteiger charge is 2.16. The van der Waals surface area contributed by atoms with Crippen LogP contribution in [0.1, 0.15) is 11.1 Å². The number of nitrogens with one attached hydrogen (secondary N) is 1. The van der Waals surface area contributed by atoms with Crippen LogP contribution in [0, 0.1) is 0 Å². The summed E-state index contributed by atoms with van der Waals surface area (Å²) in [6.07, 6.45) is 1.54. The monoisotopic (exact) mass is 411 g/mol. The number of nitrogens with zero attached hydrogens (tertiary/aromatic N) is 3. The largest absolute Gasteiger partial charge is 0.497 e. The first kappa shape index (κ1) is 20.2. The molecule has 1 aromatic heterocycles. The average Bonchev–Trinajstić information content (AvgIpc) is 2.82. The van der Waals surface area contributed by atoms with Crippen LogP contribution < -0.4 is 20.7 Å². The Kier molecular flexibility index (Phi) is 6.28. The normalized spacial score (nSPS) is 10.5. The van der Waals surface area contributed by atoms with Crippen molar-refractivity contribution in [1.29, 1.82) is 0 Å². The Labute approximate surface area is 182 Å². The van der Waals surface area contributed by atoms with Crippen LogP contribution in [0.25, 0.3) is 0 Å². The van der Waals surface area contributed by atoms with Gasteiger partial charge in [0.05, 0.1) is 7.11 Å². The lowest BCUT2D eigenvalue weighted by Gasteiger charge is -2.26. The lowest BCUT2D eigenvalue weighted by molar-refractivity contribution is 0.415. The molecule has 3 N–H and O–H groups in total. The Morgan fingerprint density at radius 2 is 1.39 bits per heavy atom. The number of ether oxygens (including phenoxy) is 1. The number of benzene rings is 3. The maximum Gasteiger partial charge on any atom is 0.159 e. The molecule has 0 aliphatic heterocycles. The predicted molar refractivity (Wildman–Crippen MR) is 125 cm³/mol. The van der Waals surface area contributed by atoms with E-state index in [1.165, 1.54) is 11.1 Å². The van der Waals surface area contributed by atoms with Crippen molar-refractivity contribution in [2.45, 2.75) is 13.1 Å². The van der Waals surface area contributed by atoms with Crippen molar-refractivity contribution >= 4 is 23.0 Å². The van der Waals surface area contributed by atoms with E-state index in [2.05, 4.69) is 44.5 Å². The molecular formula is C25H25N5O. The van der Waals surface area contributed by atoms with Crippen molar-refractivity contribution < 1.29 is 4.74 Å². The van der Waals surface area contributed by atoms with E-state index in [0.29, 0.717) is 30.4 Å². The summed E-state index contributed by atoms with van der Waals surface area (Å²) in [5, 5.41) is 3.29. The Morgan fingerprint density at radius 3 is 1.94 bits per heavy atom. The van der Waals surface area contributed by atoms with Gasteiger partial charge in [-0.1, -0.05) is 60.7 Å². The molecule has 0 fully saturated rings. The van der Waals surface area contributed by atoms with Gasteiger partial charge in [0.1, 0.15) is 17.8 Å². The minimum Gasteiger partial charge on any atom is -0.497 e. The summed E-state index contributed by atoms with van der Waals surface area (Å²) in [6.45, 7) is 1.36. The molecule has 0 amide bonds.